The van der Waals surface area contributed by atoms with Gasteiger partial charge in [-0.25, -0.2) is 4.79 Å². The number of ether oxygens (including phenoxy) is 1. The molecule has 4 heteroatoms. The van der Waals surface area contributed by atoms with Gasteiger partial charge in [0.1, 0.15) is 0 Å². The Morgan fingerprint density at radius 2 is 2.00 bits per heavy atom. The van der Waals surface area contributed by atoms with Crippen LogP contribution in [-0.4, -0.2) is 18.2 Å². The minimum Gasteiger partial charge on any atom is -0.449 e. The van der Waals surface area contributed by atoms with E-state index in [4.69, 9.17) is 10.5 Å². The van der Waals surface area contributed by atoms with Crippen molar-refractivity contribution < 1.29 is 9.53 Å². The first-order valence-corrected chi connectivity index (χ1v) is 5.54. The number of rotatable bonds is 1. The number of amides is 1. The highest BCUT2D eigenvalue weighted by Crippen LogP contribution is 2.50. The highest BCUT2D eigenvalue weighted by atomic mass is 16.6. The van der Waals surface area contributed by atoms with E-state index in [9.17, 15) is 4.79 Å². The third-order valence-electron chi connectivity index (χ3n) is 3.45. The molecule has 4 nitrogen and oxygen atoms in total. The maximum absolute atomic E-state index is 11.9. The fraction of sp³-hybridized carbons (Fsp3) is 0.417. The summed E-state index contributed by atoms with van der Waals surface area (Å²) in [6.07, 6.45) is 2.75. The Bertz CT molecular complexity index is 440. The van der Waals surface area contributed by atoms with Crippen LogP contribution < -0.4 is 10.6 Å². The standard InChI is InChI=1S/C12H14N2O2/c13-9-3-1-2-4-10(9)14-11(15)16-8-7-12(14)5-6-12/h1-4H,5-8,13H2. The van der Waals surface area contributed by atoms with Crippen LogP contribution in [0.15, 0.2) is 24.3 Å². The van der Waals surface area contributed by atoms with Gasteiger partial charge in [0.25, 0.3) is 0 Å². The molecule has 1 spiro atoms. The lowest BCUT2D eigenvalue weighted by molar-refractivity contribution is 0.126. The van der Waals surface area contributed by atoms with Crippen molar-refractivity contribution in [1.82, 2.24) is 0 Å². The fourth-order valence-electron chi connectivity index (χ4n) is 2.36. The molecule has 1 amide bonds. The van der Waals surface area contributed by atoms with Crippen molar-refractivity contribution in [3.05, 3.63) is 24.3 Å². The Kier molecular flexibility index (Phi) is 1.87. The zero-order valence-electron chi connectivity index (χ0n) is 8.98. The van der Waals surface area contributed by atoms with Crippen LogP contribution in [0.4, 0.5) is 16.2 Å². The number of carbonyl (C=O) groups is 1. The first-order chi connectivity index (χ1) is 7.73. The summed E-state index contributed by atoms with van der Waals surface area (Å²) in [7, 11) is 0. The summed E-state index contributed by atoms with van der Waals surface area (Å²) in [5, 5.41) is 0. The van der Waals surface area contributed by atoms with E-state index < -0.39 is 0 Å². The van der Waals surface area contributed by atoms with Crippen molar-refractivity contribution in [1.29, 1.82) is 0 Å². The van der Waals surface area contributed by atoms with Crippen LogP contribution in [0.3, 0.4) is 0 Å². The van der Waals surface area contributed by atoms with Gasteiger partial charge in [0.05, 0.1) is 23.5 Å². The topological polar surface area (TPSA) is 55.6 Å². The molecule has 0 unspecified atom stereocenters. The lowest BCUT2D eigenvalue weighted by Gasteiger charge is -2.35. The molecule has 1 saturated heterocycles. The van der Waals surface area contributed by atoms with Gasteiger partial charge in [0, 0.05) is 6.42 Å². The maximum Gasteiger partial charge on any atom is 0.414 e. The van der Waals surface area contributed by atoms with Gasteiger partial charge in [0.15, 0.2) is 0 Å². The van der Waals surface area contributed by atoms with Crippen LogP contribution in [0.5, 0.6) is 0 Å². The Morgan fingerprint density at radius 3 is 2.69 bits per heavy atom. The summed E-state index contributed by atoms with van der Waals surface area (Å²) in [5.41, 5.74) is 7.32. The second kappa shape index (κ2) is 3.14. The molecule has 2 N–H and O–H groups in total. The number of hydrogen-bond donors (Lipinski definition) is 1. The van der Waals surface area contributed by atoms with Gasteiger partial charge in [0.2, 0.25) is 0 Å². The van der Waals surface area contributed by atoms with Crippen LogP contribution in [0.25, 0.3) is 0 Å². The van der Waals surface area contributed by atoms with Gasteiger partial charge in [-0.3, -0.25) is 4.90 Å². The molecule has 0 bridgehead atoms. The van der Waals surface area contributed by atoms with Crippen molar-refractivity contribution in [2.75, 3.05) is 17.2 Å². The number of anilines is 2. The molecule has 1 aromatic rings. The second-order valence-corrected chi connectivity index (χ2v) is 4.48. The number of nitrogens with two attached hydrogens (primary N) is 1. The van der Waals surface area contributed by atoms with E-state index in [1.165, 1.54) is 0 Å². The normalized spacial score (nSPS) is 22.0. The lowest BCUT2D eigenvalue weighted by atomic mass is 10.1. The summed E-state index contributed by atoms with van der Waals surface area (Å²) in [5.74, 6) is 0. The quantitative estimate of drug-likeness (QED) is 0.735. The Balaban J connectivity index is 2.04. The lowest BCUT2D eigenvalue weighted by Crippen LogP contribution is -2.48. The third kappa shape index (κ3) is 1.26. The molecule has 3 rings (SSSR count). The largest absolute Gasteiger partial charge is 0.449 e. The van der Waals surface area contributed by atoms with Gasteiger partial charge in [-0.2, -0.15) is 0 Å². The number of benzene rings is 1. The molecule has 16 heavy (non-hydrogen) atoms. The zero-order valence-corrected chi connectivity index (χ0v) is 8.98. The molecule has 1 aliphatic carbocycles. The van der Waals surface area contributed by atoms with Gasteiger partial charge < -0.3 is 10.5 Å². The molecule has 2 aliphatic rings. The van der Waals surface area contributed by atoms with E-state index in [1.54, 1.807) is 4.90 Å². The number of nitrogens with zero attached hydrogens (tertiary/aromatic N) is 1. The van der Waals surface area contributed by atoms with Crippen LogP contribution in [0.1, 0.15) is 19.3 Å². The molecular formula is C12H14N2O2. The van der Waals surface area contributed by atoms with E-state index in [2.05, 4.69) is 0 Å². The fourth-order valence-corrected chi connectivity index (χ4v) is 2.36. The molecular weight excluding hydrogens is 204 g/mol. The van der Waals surface area contributed by atoms with Gasteiger partial charge in [-0.1, -0.05) is 12.1 Å². The van der Waals surface area contributed by atoms with E-state index in [0.717, 1.165) is 24.9 Å². The minimum absolute atomic E-state index is 0.00912. The van der Waals surface area contributed by atoms with Crippen molar-refractivity contribution >= 4 is 17.5 Å². The average Bonchev–Trinajstić information content (AvgIpc) is 3.01. The molecule has 1 saturated carbocycles. The Hall–Kier alpha value is -1.71. The average molecular weight is 218 g/mol. The molecule has 0 aromatic heterocycles. The van der Waals surface area contributed by atoms with Crippen LogP contribution in [0, 0.1) is 0 Å². The van der Waals surface area contributed by atoms with E-state index >= 15 is 0 Å². The highest BCUT2D eigenvalue weighted by molar-refractivity contribution is 5.94. The number of nitrogen functional groups attached to an aromatic ring is 1. The van der Waals surface area contributed by atoms with Crippen LogP contribution >= 0.6 is 0 Å². The molecule has 1 aliphatic heterocycles. The van der Waals surface area contributed by atoms with Crippen molar-refractivity contribution in [3.8, 4) is 0 Å². The molecule has 0 atom stereocenters. The summed E-state index contributed by atoms with van der Waals surface area (Å²) in [4.78, 5) is 13.6. The first kappa shape index (κ1) is 9.51. The monoisotopic (exact) mass is 218 g/mol. The molecule has 1 aromatic carbocycles. The zero-order chi connectivity index (χ0) is 11.2. The number of cyclic esters (lactones) is 1. The SMILES string of the molecule is Nc1ccccc1N1C(=O)OCCC12CC2. The van der Waals surface area contributed by atoms with E-state index in [0.29, 0.717) is 12.3 Å². The molecule has 0 radical (unpaired) electrons. The number of para-hydroxylation sites is 2. The molecule has 2 fully saturated rings. The van der Waals surface area contributed by atoms with Crippen molar-refractivity contribution in [2.45, 2.75) is 24.8 Å². The summed E-state index contributed by atoms with van der Waals surface area (Å²) < 4.78 is 5.11. The minimum atomic E-state index is -0.262. The molecule has 1 heterocycles. The molecule has 84 valence electrons. The third-order valence-corrected chi connectivity index (χ3v) is 3.45. The van der Waals surface area contributed by atoms with Gasteiger partial charge in [-0.05, 0) is 25.0 Å². The first-order valence-electron chi connectivity index (χ1n) is 5.54. The van der Waals surface area contributed by atoms with Crippen LogP contribution in [-0.2, 0) is 4.74 Å². The Morgan fingerprint density at radius 1 is 1.25 bits per heavy atom. The van der Waals surface area contributed by atoms with Crippen molar-refractivity contribution in [3.63, 3.8) is 0 Å². The highest BCUT2D eigenvalue weighted by Gasteiger charge is 2.54. The summed E-state index contributed by atoms with van der Waals surface area (Å²) in [6, 6.07) is 7.45. The second-order valence-electron chi connectivity index (χ2n) is 4.48. The summed E-state index contributed by atoms with van der Waals surface area (Å²) in [6.45, 7) is 0.530. The Labute approximate surface area is 94.0 Å². The smallest absolute Gasteiger partial charge is 0.414 e. The van der Waals surface area contributed by atoms with Crippen LogP contribution in [0.2, 0.25) is 0 Å². The number of hydrogen-bond acceptors (Lipinski definition) is 3. The predicted molar refractivity (Wildman–Crippen MR) is 61.3 cm³/mol. The van der Waals surface area contributed by atoms with Crippen molar-refractivity contribution in [2.24, 2.45) is 0 Å². The van der Waals surface area contributed by atoms with E-state index in [-0.39, 0.29) is 11.6 Å². The number of carbonyl (C=O) groups excluding carboxylic acids is 1. The van der Waals surface area contributed by atoms with Gasteiger partial charge in [-0.15, -0.1) is 0 Å². The predicted octanol–water partition coefficient (Wildman–Crippen LogP) is 2.15. The van der Waals surface area contributed by atoms with E-state index in [1.807, 2.05) is 24.3 Å². The maximum atomic E-state index is 11.9. The van der Waals surface area contributed by atoms with Gasteiger partial charge >= 0.3 is 6.09 Å². The summed E-state index contributed by atoms with van der Waals surface area (Å²) >= 11 is 0.